The first-order valence-corrected chi connectivity index (χ1v) is 3.06. The van der Waals surface area contributed by atoms with E-state index in [2.05, 4.69) is 6.42 Å². The molecule has 0 spiro atoms. The first-order chi connectivity index (χ1) is 4.00. The molecule has 0 atom stereocenters. The number of hydrogen-bond acceptors (Lipinski definition) is 2. The maximum atomic E-state index is 4.75. The van der Waals surface area contributed by atoms with Gasteiger partial charge in [-0.3, -0.25) is 0 Å². The van der Waals surface area contributed by atoms with E-state index < -0.39 is 0 Å². The monoisotopic (exact) mass is 115 g/mol. The molecule has 2 nitrogen and oxygen atoms in total. The molecule has 8 heavy (non-hydrogen) atoms. The average molecular weight is 115 g/mol. The third kappa shape index (κ3) is 2.28. The van der Waals surface area contributed by atoms with Gasteiger partial charge in [0.1, 0.15) is 0 Å². The summed E-state index contributed by atoms with van der Waals surface area (Å²) in [5, 5.41) is 0. The predicted molar refractivity (Wildman–Crippen MR) is 30.1 cm³/mol. The zero-order chi connectivity index (χ0) is 5.66. The zero-order valence-electron chi connectivity index (χ0n) is 4.93. The molecule has 2 heteroatoms. The second-order valence-electron chi connectivity index (χ2n) is 1.86. The number of rotatable bonds is 0. The summed E-state index contributed by atoms with van der Waals surface area (Å²) in [4.78, 5) is 9.50. The highest BCUT2D eigenvalue weighted by Gasteiger charge is 1.96. The van der Waals surface area contributed by atoms with Crippen molar-refractivity contribution in [1.29, 1.82) is 0 Å². The van der Waals surface area contributed by atoms with Crippen LogP contribution >= 0.6 is 0 Å². The van der Waals surface area contributed by atoms with Gasteiger partial charge in [0.2, 0.25) is 0 Å². The van der Waals surface area contributed by atoms with Crippen molar-refractivity contribution >= 4 is 0 Å². The molecule has 0 N–H and O–H groups in total. The highest BCUT2D eigenvalue weighted by molar-refractivity contribution is 4.63. The van der Waals surface area contributed by atoms with Gasteiger partial charge in [-0.1, -0.05) is 0 Å². The van der Waals surface area contributed by atoms with Crippen LogP contribution in [0.4, 0.5) is 0 Å². The summed E-state index contributed by atoms with van der Waals surface area (Å²) < 4.78 is 0. The molecule has 0 amide bonds. The average Bonchev–Trinajstić information content (AvgIpc) is 1.62. The zero-order valence-corrected chi connectivity index (χ0v) is 4.93. The normalized spacial score (nSPS) is 24.0. The summed E-state index contributed by atoms with van der Waals surface area (Å²) in [6, 6.07) is 0. The molecule has 1 saturated heterocycles. The molecule has 0 saturated carbocycles. The van der Waals surface area contributed by atoms with E-state index in [1.807, 2.05) is 0 Å². The molecule has 0 aromatic carbocycles. The molecule has 1 aliphatic rings. The predicted octanol–water partition coefficient (Wildman–Crippen LogP) is 1.32. The van der Waals surface area contributed by atoms with E-state index in [1.165, 1.54) is 6.42 Å². The Balaban J connectivity index is 2.00. The minimum Gasteiger partial charge on any atom is -0.237 e. The van der Waals surface area contributed by atoms with E-state index in [0.717, 1.165) is 26.1 Å². The second-order valence-corrected chi connectivity index (χ2v) is 1.86. The van der Waals surface area contributed by atoms with Gasteiger partial charge in [0.15, 0.2) is 0 Å². The van der Waals surface area contributed by atoms with Crippen LogP contribution in [-0.2, 0) is 9.78 Å². The van der Waals surface area contributed by atoms with Gasteiger partial charge in [-0.15, -0.1) is 0 Å². The first kappa shape index (κ1) is 6.05. The van der Waals surface area contributed by atoms with Crippen LogP contribution in [0.2, 0.25) is 0 Å². The van der Waals surface area contributed by atoms with Gasteiger partial charge < -0.3 is 0 Å². The molecule has 0 unspecified atom stereocenters. The van der Waals surface area contributed by atoms with Gasteiger partial charge >= 0.3 is 0 Å². The highest BCUT2D eigenvalue weighted by Crippen LogP contribution is 2.02. The van der Waals surface area contributed by atoms with Crippen LogP contribution in [0.25, 0.3) is 0 Å². The third-order valence-corrected chi connectivity index (χ3v) is 1.12. The summed E-state index contributed by atoms with van der Waals surface area (Å²) >= 11 is 0. The molecule has 47 valence electrons. The fourth-order valence-electron chi connectivity index (χ4n) is 0.680. The van der Waals surface area contributed by atoms with Crippen molar-refractivity contribution in [2.45, 2.75) is 19.3 Å². The van der Waals surface area contributed by atoms with Gasteiger partial charge in [-0.2, -0.15) is 0 Å². The fourth-order valence-corrected chi connectivity index (χ4v) is 0.680. The third-order valence-electron chi connectivity index (χ3n) is 1.12. The molecule has 0 bridgehead atoms. The minimum atomic E-state index is 0.722. The van der Waals surface area contributed by atoms with Crippen LogP contribution in [0.5, 0.6) is 0 Å². The lowest BCUT2D eigenvalue weighted by Crippen LogP contribution is -2.02. The van der Waals surface area contributed by atoms with E-state index in [4.69, 9.17) is 9.78 Å². The Kier molecular flexibility index (Phi) is 2.92. The molecule has 0 aromatic rings. The molecule has 0 aliphatic carbocycles. The van der Waals surface area contributed by atoms with Crippen molar-refractivity contribution in [3.8, 4) is 0 Å². The fraction of sp³-hybridized carbons (Fsp3) is 0.833. The standard InChI is InChI=1S/C6H11O2/c1-2-4-6-8-7-5-3-1/h1H,2-6H2. The van der Waals surface area contributed by atoms with Gasteiger partial charge in [-0.25, -0.2) is 9.78 Å². The summed E-state index contributed by atoms with van der Waals surface area (Å²) in [5.41, 5.74) is 0. The van der Waals surface area contributed by atoms with Crippen molar-refractivity contribution in [3.05, 3.63) is 6.42 Å². The van der Waals surface area contributed by atoms with Crippen LogP contribution in [0, 0.1) is 6.42 Å². The Bertz CT molecular complexity index is 30.5. The molecule has 1 aliphatic heterocycles. The topological polar surface area (TPSA) is 18.5 Å². The molecule has 0 aromatic heterocycles. The van der Waals surface area contributed by atoms with Gasteiger partial charge in [0.25, 0.3) is 0 Å². The SMILES string of the molecule is [CH]1CCCOOCC1. The van der Waals surface area contributed by atoms with Gasteiger partial charge in [0.05, 0.1) is 13.2 Å². The maximum Gasteiger partial charge on any atom is 0.0825 e. The molecule has 1 radical (unpaired) electrons. The summed E-state index contributed by atoms with van der Waals surface area (Å²) in [7, 11) is 0. The van der Waals surface area contributed by atoms with Crippen LogP contribution < -0.4 is 0 Å². The Morgan fingerprint density at radius 3 is 2.88 bits per heavy atom. The second kappa shape index (κ2) is 3.87. The smallest absolute Gasteiger partial charge is 0.0825 e. The van der Waals surface area contributed by atoms with Crippen molar-refractivity contribution in [3.63, 3.8) is 0 Å². The van der Waals surface area contributed by atoms with Crippen molar-refractivity contribution in [2.75, 3.05) is 13.2 Å². The summed E-state index contributed by atoms with van der Waals surface area (Å²) in [6.45, 7) is 1.47. The molecular formula is C6H11O2. The van der Waals surface area contributed by atoms with E-state index in [1.54, 1.807) is 0 Å². The molecule has 1 rings (SSSR count). The van der Waals surface area contributed by atoms with E-state index in [-0.39, 0.29) is 0 Å². The van der Waals surface area contributed by atoms with E-state index in [0.29, 0.717) is 0 Å². The lowest BCUT2D eigenvalue weighted by molar-refractivity contribution is -0.296. The lowest BCUT2D eigenvalue weighted by atomic mass is 10.2. The van der Waals surface area contributed by atoms with Crippen molar-refractivity contribution in [2.24, 2.45) is 0 Å². The van der Waals surface area contributed by atoms with Crippen LogP contribution in [0.15, 0.2) is 0 Å². The number of hydrogen-bond donors (Lipinski definition) is 0. The Labute approximate surface area is 49.7 Å². The van der Waals surface area contributed by atoms with Gasteiger partial charge in [-0.05, 0) is 25.7 Å². The minimum absolute atomic E-state index is 0.722. The van der Waals surface area contributed by atoms with Crippen LogP contribution in [0.1, 0.15) is 19.3 Å². The lowest BCUT2D eigenvalue weighted by Gasteiger charge is -2.06. The molecule has 1 fully saturated rings. The molecule has 1 heterocycles. The Morgan fingerprint density at radius 1 is 1.00 bits per heavy atom. The Morgan fingerprint density at radius 2 is 1.88 bits per heavy atom. The van der Waals surface area contributed by atoms with Crippen LogP contribution in [-0.4, -0.2) is 13.2 Å². The highest BCUT2D eigenvalue weighted by atomic mass is 17.2. The van der Waals surface area contributed by atoms with E-state index in [9.17, 15) is 0 Å². The summed E-state index contributed by atoms with van der Waals surface area (Å²) in [5.74, 6) is 0. The van der Waals surface area contributed by atoms with Gasteiger partial charge in [0, 0.05) is 0 Å². The van der Waals surface area contributed by atoms with Crippen LogP contribution in [0.3, 0.4) is 0 Å². The maximum absolute atomic E-state index is 4.75. The first-order valence-electron chi connectivity index (χ1n) is 3.06. The quantitative estimate of drug-likeness (QED) is 0.443. The molecular weight excluding hydrogens is 104 g/mol. The van der Waals surface area contributed by atoms with E-state index >= 15 is 0 Å². The Hall–Kier alpha value is -0.0800. The largest absolute Gasteiger partial charge is 0.237 e. The summed E-state index contributed by atoms with van der Waals surface area (Å²) in [6.07, 6.45) is 5.53. The van der Waals surface area contributed by atoms with Crippen molar-refractivity contribution < 1.29 is 9.78 Å². The van der Waals surface area contributed by atoms with Crippen molar-refractivity contribution in [1.82, 2.24) is 0 Å².